The molecule has 0 saturated heterocycles. The van der Waals surface area contributed by atoms with Crippen molar-refractivity contribution in [2.75, 3.05) is 25.6 Å². The Morgan fingerprint density at radius 1 is 0.974 bits per heavy atom. The number of allylic oxidation sites excluding steroid dienone is 4. The first-order valence-electron chi connectivity index (χ1n) is 13.2. The van der Waals surface area contributed by atoms with Crippen LogP contribution in [0.25, 0.3) is 0 Å². The van der Waals surface area contributed by atoms with Gasteiger partial charge in [-0.25, -0.2) is 0 Å². The average Bonchev–Trinajstić information content (AvgIpc) is 2.92. The van der Waals surface area contributed by atoms with Crippen LogP contribution in [0, 0.1) is 0 Å². The maximum atomic E-state index is 13.2. The Labute approximate surface area is 232 Å². The quantitative estimate of drug-likeness (QED) is 0.449. The van der Waals surface area contributed by atoms with Gasteiger partial charge in [-0.2, -0.15) is 0 Å². The Bertz CT molecular complexity index is 1350. The Hall–Kier alpha value is -3.78. The van der Waals surface area contributed by atoms with Crippen LogP contribution in [-0.2, 0) is 14.4 Å². The number of ether oxygens (including phenoxy) is 3. The van der Waals surface area contributed by atoms with E-state index < -0.39 is 11.8 Å². The van der Waals surface area contributed by atoms with Crippen molar-refractivity contribution in [2.24, 2.45) is 0 Å². The van der Waals surface area contributed by atoms with E-state index in [1.54, 1.807) is 30.3 Å². The number of carbonyl (C=O) groups is 3. The number of halogens is 1. The van der Waals surface area contributed by atoms with Gasteiger partial charge < -0.3 is 24.8 Å². The Morgan fingerprint density at radius 3 is 2.28 bits per heavy atom. The highest BCUT2D eigenvalue weighted by molar-refractivity contribution is 6.32. The first-order valence-corrected chi connectivity index (χ1v) is 13.6. The summed E-state index contributed by atoms with van der Waals surface area (Å²) < 4.78 is 17.0. The molecule has 9 heteroatoms. The van der Waals surface area contributed by atoms with Crippen molar-refractivity contribution in [2.45, 2.75) is 51.4 Å². The highest BCUT2D eigenvalue weighted by Gasteiger charge is 2.40. The molecule has 0 atom stereocenters. The lowest BCUT2D eigenvalue weighted by Crippen LogP contribution is -2.36. The molecular formula is C30H31ClN2O6. The zero-order valence-corrected chi connectivity index (χ0v) is 22.8. The molecule has 2 aromatic carbocycles. The van der Waals surface area contributed by atoms with Gasteiger partial charge in [-0.15, -0.1) is 0 Å². The first-order chi connectivity index (χ1) is 18.9. The van der Waals surface area contributed by atoms with Gasteiger partial charge in [-0.05, 0) is 62.4 Å². The van der Waals surface area contributed by atoms with Gasteiger partial charge in [0, 0.05) is 41.3 Å². The number of ketones is 2. The highest BCUT2D eigenvalue weighted by atomic mass is 35.5. The van der Waals surface area contributed by atoms with Crippen LogP contribution in [-0.4, -0.2) is 37.8 Å². The predicted molar refractivity (Wildman–Crippen MR) is 147 cm³/mol. The summed E-state index contributed by atoms with van der Waals surface area (Å²) in [6.07, 6.45) is 3.98. The summed E-state index contributed by atoms with van der Waals surface area (Å²) >= 11 is 6.73. The molecule has 0 fully saturated rings. The van der Waals surface area contributed by atoms with E-state index in [4.69, 9.17) is 25.8 Å². The van der Waals surface area contributed by atoms with Gasteiger partial charge >= 0.3 is 0 Å². The highest BCUT2D eigenvalue weighted by Crippen LogP contribution is 2.48. The number of anilines is 1. The smallest absolute Gasteiger partial charge is 0.262 e. The van der Waals surface area contributed by atoms with E-state index in [2.05, 4.69) is 10.6 Å². The van der Waals surface area contributed by atoms with Crippen LogP contribution in [0.1, 0.15) is 56.9 Å². The maximum Gasteiger partial charge on any atom is 0.262 e. The minimum Gasteiger partial charge on any atom is -0.495 e. The lowest BCUT2D eigenvalue weighted by molar-refractivity contribution is -0.118. The molecule has 0 aromatic heterocycles. The third-order valence-electron chi connectivity index (χ3n) is 7.19. The molecule has 1 heterocycles. The second kappa shape index (κ2) is 11.5. The lowest BCUT2D eigenvalue weighted by atomic mass is 9.71. The number of hydrogen-bond acceptors (Lipinski definition) is 7. The third kappa shape index (κ3) is 5.39. The molecule has 1 aliphatic heterocycles. The van der Waals surface area contributed by atoms with Crippen molar-refractivity contribution < 1.29 is 28.6 Å². The Kier molecular flexibility index (Phi) is 7.93. The summed E-state index contributed by atoms with van der Waals surface area (Å²) in [4.78, 5) is 39.0. The van der Waals surface area contributed by atoms with Crippen molar-refractivity contribution in [3.8, 4) is 17.2 Å². The number of hydrogen-bond donors (Lipinski definition) is 2. The van der Waals surface area contributed by atoms with E-state index >= 15 is 0 Å². The van der Waals surface area contributed by atoms with E-state index in [0.717, 1.165) is 37.1 Å². The van der Waals surface area contributed by atoms with Gasteiger partial charge in [0.05, 0.1) is 24.4 Å². The molecule has 2 aliphatic carbocycles. The van der Waals surface area contributed by atoms with Gasteiger partial charge in [0.1, 0.15) is 5.75 Å². The summed E-state index contributed by atoms with van der Waals surface area (Å²) in [6.45, 7) is 1.85. The summed E-state index contributed by atoms with van der Waals surface area (Å²) in [5.74, 6) is 0.269. The molecule has 2 N–H and O–H groups in total. The zero-order chi connectivity index (χ0) is 27.5. The first kappa shape index (κ1) is 26.8. The predicted octanol–water partition coefficient (Wildman–Crippen LogP) is 5.47. The number of para-hydroxylation sites is 2. The molecule has 3 aliphatic rings. The number of amides is 1. The van der Waals surface area contributed by atoms with Crippen LogP contribution < -0.4 is 24.8 Å². The van der Waals surface area contributed by atoms with E-state index in [1.165, 1.54) is 7.11 Å². The minimum atomic E-state index is -0.517. The molecule has 0 radical (unpaired) electrons. The van der Waals surface area contributed by atoms with E-state index in [9.17, 15) is 14.4 Å². The molecule has 39 heavy (non-hydrogen) atoms. The number of dihydropyridines is 1. The number of Topliss-reactive ketones (excluding diaryl/α,β-unsaturated/α-hetero) is 2. The van der Waals surface area contributed by atoms with Crippen LogP contribution in [0.5, 0.6) is 17.2 Å². The zero-order valence-electron chi connectivity index (χ0n) is 22.0. The van der Waals surface area contributed by atoms with Crippen LogP contribution >= 0.6 is 11.6 Å². The standard InChI is InChI=1S/C30H31ClN2O6/c1-3-38-25-15-17(14-18(31)30(25)39-16-26(36)33-19-8-4-5-13-24(19)37-2)27-28-20(9-6-11-22(28)34)32-21-10-7-12-23(35)29(21)27/h4-5,8,13-15,27,32H,3,6-7,9-12,16H2,1-2H3,(H,33,36). The van der Waals surface area contributed by atoms with Crippen LogP contribution in [0.15, 0.2) is 58.9 Å². The fourth-order valence-corrected chi connectivity index (χ4v) is 5.82. The molecule has 0 bridgehead atoms. The molecule has 204 valence electrons. The monoisotopic (exact) mass is 550 g/mol. The fourth-order valence-electron chi connectivity index (χ4n) is 5.55. The number of methoxy groups -OCH3 is 1. The van der Waals surface area contributed by atoms with Gasteiger partial charge in [0.2, 0.25) is 0 Å². The van der Waals surface area contributed by atoms with Crippen molar-refractivity contribution in [1.29, 1.82) is 0 Å². The molecule has 2 aromatic rings. The molecule has 0 unspecified atom stereocenters. The molecule has 5 rings (SSSR count). The third-order valence-corrected chi connectivity index (χ3v) is 7.47. The normalized spacial score (nSPS) is 17.3. The second-order valence-corrected chi connectivity index (χ2v) is 10.1. The van der Waals surface area contributed by atoms with E-state index in [-0.39, 0.29) is 28.9 Å². The Balaban J connectivity index is 1.47. The van der Waals surface area contributed by atoms with Gasteiger partial charge in [0.15, 0.2) is 29.7 Å². The van der Waals surface area contributed by atoms with Crippen molar-refractivity contribution in [1.82, 2.24) is 5.32 Å². The molecular weight excluding hydrogens is 520 g/mol. The van der Waals surface area contributed by atoms with Gasteiger partial charge in [-0.1, -0.05) is 23.7 Å². The van der Waals surface area contributed by atoms with Gasteiger partial charge in [-0.3, -0.25) is 14.4 Å². The number of carbonyl (C=O) groups excluding carboxylic acids is 3. The summed E-state index contributed by atoms with van der Waals surface area (Å²) in [5.41, 5.74) is 4.28. The fraction of sp³-hybridized carbons (Fsp3) is 0.367. The molecule has 0 spiro atoms. The van der Waals surface area contributed by atoms with Crippen LogP contribution in [0.4, 0.5) is 5.69 Å². The minimum absolute atomic E-state index is 0.0427. The summed E-state index contributed by atoms with van der Waals surface area (Å²) in [6, 6.07) is 10.6. The number of benzene rings is 2. The molecule has 8 nitrogen and oxygen atoms in total. The van der Waals surface area contributed by atoms with Crippen molar-refractivity contribution >= 4 is 34.8 Å². The largest absolute Gasteiger partial charge is 0.495 e. The maximum absolute atomic E-state index is 13.2. The average molecular weight is 551 g/mol. The lowest BCUT2D eigenvalue weighted by Gasteiger charge is -2.37. The topological polar surface area (TPSA) is 103 Å². The van der Waals surface area contributed by atoms with Gasteiger partial charge in [0.25, 0.3) is 5.91 Å². The number of rotatable bonds is 8. The second-order valence-electron chi connectivity index (χ2n) is 9.70. The van der Waals surface area contributed by atoms with Crippen molar-refractivity contribution in [3.05, 3.63) is 69.5 Å². The van der Waals surface area contributed by atoms with Crippen LogP contribution in [0.3, 0.4) is 0 Å². The van der Waals surface area contributed by atoms with Crippen molar-refractivity contribution in [3.63, 3.8) is 0 Å². The molecule has 0 saturated carbocycles. The summed E-state index contributed by atoms with van der Waals surface area (Å²) in [5, 5.41) is 6.42. The SMILES string of the molecule is CCOc1cc(C2C3=C(CCCC3=O)NC3=C2C(=O)CCC3)cc(Cl)c1OCC(=O)Nc1ccccc1OC. The number of nitrogens with one attached hydrogen (secondary N) is 2. The van der Waals surface area contributed by atoms with E-state index in [1.807, 2.05) is 13.0 Å². The van der Waals surface area contributed by atoms with E-state index in [0.29, 0.717) is 53.3 Å². The summed E-state index contributed by atoms with van der Waals surface area (Å²) in [7, 11) is 1.53. The molecule has 1 amide bonds. The van der Waals surface area contributed by atoms with Crippen LogP contribution in [0.2, 0.25) is 5.02 Å². The Morgan fingerprint density at radius 2 is 1.64 bits per heavy atom.